The zero-order valence-electron chi connectivity index (χ0n) is 13.6. The molecule has 128 valence electrons. The number of nitrogens with one attached hydrogen (secondary N) is 1. The summed E-state index contributed by atoms with van der Waals surface area (Å²) in [5.74, 6) is 0.998. The maximum absolute atomic E-state index is 11.9. The van der Waals surface area contributed by atoms with Crippen LogP contribution < -0.4 is 5.32 Å². The van der Waals surface area contributed by atoms with Crippen LogP contribution >= 0.6 is 0 Å². The number of rotatable bonds is 8. The van der Waals surface area contributed by atoms with E-state index in [1.54, 1.807) is 6.07 Å². The Morgan fingerprint density at radius 1 is 1.29 bits per heavy atom. The van der Waals surface area contributed by atoms with Gasteiger partial charge in [-0.15, -0.1) is 0 Å². The molecule has 1 N–H and O–H groups in total. The average Bonchev–Trinajstić information content (AvgIpc) is 3.26. The van der Waals surface area contributed by atoms with E-state index in [-0.39, 0.29) is 12.3 Å². The van der Waals surface area contributed by atoms with Gasteiger partial charge in [0.05, 0.1) is 25.3 Å². The molecule has 1 fully saturated rings. The Morgan fingerprint density at radius 2 is 2.17 bits per heavy atom. The highest BCUT2D eigenvalue weighted by atomic mass is 16.5. The summed E-state index contributed by atoms with van der Waals surface area (Å²) in [4.78, 5) is 11.9. The minimum absolute atomic E-state index is 0.0491. The van der Waals surface area contributed by atoms with Crippen molar-refractivity contribution in [2.24, 2.45) is 5.92 Å². The van der Waals surface area contributed by atoms with Crippen molar-refractivity contribution < 1.29 is 18.8 Å². The first-order valence-electron chi connectivity index (χ1n) is 8.20. The molecule has 1 aromatic carbocycles. The molecule has 1 saturated heterocycles. The largest absolute Gasteiger partial charge is 0.381 e. The lowest BCUT2D eigenvalue weighted by Gasteiger charge is -2.08. The number of carbonyl (C=O) groups is 1. The van der Waals surface area contributed by atoms with Crippen LogP contribution in [0.15, 0.2) is 40.9 Å². The minimum Gasteiger partial charge on any atom is -0.381 e. The number of hydrogen-bond donors (Lipinski definition) is 1. The van der Waals surface area contributed by atoms with Crippen LogP contribution in [0.4, 0.5) is 0 Å². The third kappa shape index (κ3) is 5.18. The molecule has 1 amide bonds. The fourth-order valence-corrected chi connectivity index (χ4v) is 2.58. The summed E-state index contributed by atoms with van der Waals surface area (Å²) >= 11 is 0. The molecular formula is C18H22N2O4. The van der Waals surface area contributed by atoms with E-state index >= 15 is 0 Å². The van der Waals surface area contributed by atoms with Crippen molar-refractivity contribution in [3.05, 3.63) is 53.4 Å². The molecule has 0 saturated carbocycles. The molecule has 6 nitrogen and oxygen atoms in total. The molecule has 2 heterocycles. The average molecular weight is 330 g/mol. The Kier molecular flexibility index (Phi) is 5.98. The Hall–Kier alpha value is -2.18. The summed E-state index contributed by atoms with van der Waals surface area (Å²) < 4.78 is 16.1. The quantitative estimate of drug-likeness (QED) is 0.802. The van der Waals surface area contributed by atoms with Crippen LogP contribution in [-0.2, 0) is 33.9 Å². The molecule has 1 aromatic heterocycles. The lowest BCUT2D eigenvalue weighted by Crippen LogP contribution is -2.30. The van der Waals surface area contributed by atoms with E-state index < -0.39 is 0 Å². The highest BCUT2D eigenvalue weighted by Crippen LogP contribution is 2.11. The molecule has 0 radical (unpaired) electrons. The summed E-state index contributed by atoms with van der Waals surface area (Å²) in [5.41, 5.74) is 1.72. The second kappa shape index (κ2) is 8.61. The monoisotopic (exact) mass is 330 g/mol. The number of hydrogen-bond acceptors (Lipinski definition) is 5. The topological polar surface area (TPSA) is 73.6 Å². The van der Waals surface area contributed by atoms with Gasteiger partial charge in [-0.05, 0) is 12.0 Å². The third-order valence-electron chi connectivity index (χ3n) is 3.92. The second-order valence-corrected chi connectivity index (χ2v) is 5.97. The lowest BCUT2D eigenvalue weighted by molar-refractivity contribution is -0.120. The number of aromatic nitrogens is 1. The summed E-state index contributed by atoms with van der Waals surface area (Å²) in [6.07, 6.45) is 1.23. The van der Waals surface area contributed by atoms with Crippen molar-refractivity contribution >= 4 is 5.91 Å². The Labute approximate surface area is 141 Å². The Bertz CT molecular complexity index is 635. The smallest absolute Gasteiger partial charge is 0.226 e. The fraction of sp³-hybridized carbons (Fsp3) is 0.444. The molecule has 0 bridgehead atoms. The van der Waals surface area contributed by atoms with Crippen molar-refractivity contribution in [1.82, 2.24) is 10.5 Å². The molecule has 0 aliphatic carbocycles. The zero-order chi connectivity index (χ0) is 16.6. The fourth-order valence-electron chi connectivity index (χ4n) is 2.58. The number of ether oxygens (including phenoxy) is 2. The van der Waals surface area contributed by atoms with E-state index in [9.17, 15) is 4.79 Å². The van der Waals surface area contributed by atoms with Crippen LogP contribution in [0.5, 0.6) is 0 Å². The minimum atomic E-state index is -0.0491. The Balaban J connectivity index is 1.37. The van der Waals surface area contributed by atoms with Crippen molar-refractivity contribution in [1.29, 1.82) is 0 Å². The van der Waals surface area contributed by atoms with Gasteiger partial charge in [0, 0.05) is 25.1 Å². The molecule has 3 rings (SSSR count). The van der Waals surface area contributed by atoms with Crippen molar-refractivity contribution in [2.75, 3.05) is 19.8 Å². The number of amides is 1. The van der Waals surface area contributed by atoms with Gasteiger partial charge in [0.15, 0.2) is 5.76 Å². The first kappa shape index (κ1) is 16.7. The van der Waals surface area contributed by atoms with Crippen LogP contribution in [0, 0.1) is 5.92 Å². The predicted molar refractivity (Wildman–Crippen MR) is 87.1 cm³/mol. The maximum Gasteiger partial charge on any atom is 0.226 e. The third-order valence-corrected chi connectivity index (χ3v) is 3.92. The standard InChI is InChI=1S/C18H22N2O4/c21-18(19-10-15-6-7-22-12-15)9-16-8-17(24-20-16)13-23-11-14-4-2-1-3-5-14/h1-5,8,15H,6-7,9-13H2,(H,19,21)/t15-/m1/s1. The predicted octanol–water partition coefficient (Wildman–Crippen LogP) is 2.09. The van der Waals surface area contributed by atoms with Gasteiger partial charge in [-0.3, -0.25) is 4.79 Å². The van der Waals surface area contributed by atoms with Crippen LogP contribution in [0.1, 0.15) is 23.4 Å². The van der Waals surface area contributed by atoms with Crippen molar-refractivity contribution in [3.8, 4) is 0 Å². The number of benzene rings is 1. The first-order valence-corrected chi connectivity index (χ1v) is 8.20. The number of nitrogens with zero attached hydrogens (tertiary/aromatic N) is 1. The SMILES string of the molecule is O=C(Cc1cc(COCc2ccccc2)on1)NC[C@H]1CCOC1. The van der Waals surface area contributed by atoms with E-state index in [0.29, 0.717) is 37.1 Å². The van der Waals surface area contributed by atoms with Crippen LogP contribution in [0.3, 0.4) is 0 Å². The van der Waals surface area contributed by atoms with Crippen LogP contribution in [0.2, 0.25) is 0 Å². The Morgan fingerprint density at radius 3 is 2.96 bits per heavy atom. The molecule has 6 heteroatoms. The molecule has 1 aliphatic heterocycles. The molecule has 1 aliphatic rings. The highest BCUT2D eigenvalue weighted by Gasteiger charge is 2.17. The van der Waals surface area contributed by atoms with E-state index in [1.165, 1.54) is 0 Å². The molecule has 2 aromatic rings. The van der Waals surface area contributed by atoms with E-state index in [4.69, 9.17) is 14.0 Å². The van der Waals surface area contributed by atoms with E-state index in [1.807, 2.05) is 30.3 Å². The summed E-state index contributed by atoms with van der Waals surface area (Å²) in [5, 5.41) is 6.84. The number of carbonyl (C=O) groups excluding carboxylic acids is 1. The van der Waals surface area contributed by atoms with Gasteiger partial charge in [0.25, 0.3) is 0 Å². The molecule has 0 unspecified atom stereocenters. The summed E-state index contributed by atoms with van der Waals surface area (Å²) in [6.45, 7) is 3.02. The summed E-state index contributed by atoms with van der Waals surface area (Å²) in [6, 6.07) is 11.7. The normalized spacial score (nSPS) is 17.1. The highest BCUT2D eigenvalue weighted by molar-refractivity contribution is 5.78. The zero-order valence-corrected chi connectivity index (χ0v) is 13.6. The van der Waals surface area contributed by atoms with Crippen molar-refractivity contribution in [3.63, 3.8) is 0 Å². The summed E-state index contributed by atoms with van der Waals surface area (Å²) in [7, 11) is 0. The maximum atomic E-state index is 11.9. The second-order valence-electron chi connectivity index (χ2n) is 5.97. The van der Waals surface area contributed by atoms with Gasteiger partial charge in [0.2, 0.25) is 5.91 Å². The van der Waals surface area contributed by atoms with Gasteiger partial charge in [0.1, 0.15) is 6.61 Å². The molecule has 1 atom stereocenters. The van der Waals surface area contributed by atoms with Gasteiger partial charge in [-0.2, -0.15) is 0 Å². The first-order chi connectivity index (χ1) is 11.8. The van der Waals surface area contributed by atoms with Gasteiger partial charge in [-0.1, -0.05) is 35.5 Å². The van der Waals surface area contributed by atoms with Crippen LogP contribution in [-0.4, -0.2) is 30.8 Å². The molecule has 0 spiro atoms. The van der Waals surface area contributed by atoms with E-state index in [2.05, 4.69) is 10.5 Å². The molecular weight excluding hydrogens is 308 g/mol. The van der Waals surface area contributed by atoms with Gasteiger partial charge in [-0.25, -0.2) is 0 Å². The van der Waals surface area contributed by atoms with Gasteiger partial charge >= 0.3 is 0 Å². The molecule has 24 heavy (non-hydrogen) atoms. The van der Waals surface area contributed by atoms with Gasteiger partial charge < -0.3 is 19.3 Å². The van der Waals surface area contributed by atoms with Crippen LogP contribution in [0.25, 0.3) is 0 Å². The van der Waals surface area contributed by atoms with E-state index in [0.717, 1.165) is 25.2 Å². The van der Waals surface area contributed by atoms with Crippen molar-refractivity contribution in [2.45, 2.75) is 26.1 Å². The lowest BCUT2D eigenvalue weighted by atomic mass is 10.1.